The molecule has 0 aliphatic heterocycles. The van der Waals surface area contributed by atoms with Crippen LogP contribution in [0.1, 0.15) is 81.9 Å². The first-order valence-electron chi connectivity index (χ1n) is 14.1. The number of rotatable bonds is 20. The van der Waals surface area contributed by atoms with Crippen molar-refractivity contribution in [3.8, 4) is 11.5 Å². The molecular weight excluding hydrogens is 488 g/mol. The second kappa shape index (κ2) is 18.7. The molecule has 0 unspecified atom stereocenters. The Kier molecular flexibility index (Phi) is 15.2. The zero-order chi connectivity index (χ0) is 28.3. The third-order valence-corrected chi connectivity index (χ3v) is 6.08. The molecule has 5 heteroatoms. The van der Waals surface area contributed by atoms with E-state index in [1.165, 1.54) is 0 Å². The van der Waals surface area contributed by atoms with Crippen molar-refractivity contribution in [2.75, 3.05) is 26.4 Å². The molecular formula is C34H46O5. The van der Waals surface area contributed by atoms with E-state index in [1.807, 2.05) is 19.1 Å². The Labute approximate surface area is 235 Å². The predicted molar refractivity (Wildman–Crippen MR) is 161 cm³/mol. The highest BCUT2D eigenvalue weighted by Crippen LogP contribution is 2.22. The SMILES string of the molecule is C=C(C)OCCCCCCOc1ccc(C=Cc2ccc(OCCCCCCOC(=O)C(=C)C)cc2)cc1C. The molecule has 0 fully saturated rings. The van der Waals surface area contributed by atoms with Crippen LogP contribution in [0, 0.1) is 6.92 Å². The lowest BCUT2D eigenvalue weighted by molar-refractivity contribution is -0.139. The molecule has 0 heterocycles. The van der Waals surface area contributed by atoms with Gasteiger partial charge in [0.1, 0.15) is 11.5 Å². The summed E-state index contributed by atoms with van der Waals surface area (Å²) in [5, 5.41) is 0. The molecule has 0 atom stereocenters. The summed E-state index contributed by atoms with van der Waals surface area (Å²) >= 11 is 0. The predicted octanol–water partition coefficient (Wildman–Crippen LogP) is 8.71. The Morgan fingerprint density at radius 1 is 0.692 bits per heavy atom. The largest absolute Gasteiger partial charge is 0.499 e. The van der Waals surface area contributed by atoms with Crippen LogP contribution in [-0.4, -0.2) is 32.4 Å². The molecule has 0 bridgehead atoms. The van der Waals surface area contributed by atoms with Crippen molar-refractivity contribution < 1.29 is 23.7 Å². The van der Waals surface area contributed by atoms with E-state index < -0.39 is 0 Å². The van der Waals surface area contributed by atoms with Crippen LogP contribution in [0.4, 0.5) is 0 Å². The molecule has 0 spiro atoms. The zero-order valence-electron chi connectivity index (χ0n) is 24.1. The number of ether oxygens (including phenoxy) is 4. The lowest BCUT2D eigenvalue weighted by Gasteiger charge is -2.10. The third kappa shape index (κ3) is 14.3. The fraction of sp³-hybridized carbons (Fsp3) is 0.441. The summed E-state index contributed by atoms with van der Waals surface area (Å²) in [5.41, 5.74) is 3.85. The van der Waals surface area contributed by atoms with Gasteiger partial charge in [-0.3, -0.25) is 0 Å². The summed E-state index contributed by atoms with van der Waals surface area (Å²) < 4.78 is 22.3. The average Bonchev–Trinajstić information content (AvgIpc) is 2.91. The van der Waals surface area contributed by atoms with Crippen LogP contribution < -0.4 is 9.47 Å². The summed E-state index contributed by atoms with van der Waals surface area (Å²) in [6.07, 6.45) is 12.5. The number of esters is 1. The van der Waals surface area contributed by atoms with Gasteiger partial charge in [0, 0.05) is 5.57 Å². The van der Waals surface area contributed by atoms with Crippen LogP contribution in [0.25, 0.3) is 12.2 Å². The van der Waals surface area contributed by atoms with Crippen molar-refractivity contribution in [3.05, 3.63) is 83.6 Å². The minimum atomic E-state index is -0.311. The van der Waals surface area contributed by atoms with Gasteiger partial charge in [0.2, 0.25) is 0 Å². The van der Waals surface area contributed by atoms with Gasteiger partial charge < -0.3 is 18.9 Å². The minimum absolute atomic E-state index is 0.311. The molecule has 5 nitrogen and oxygen atoms in total. The Bertz CT molecular complexity index is 1050. The van der Waals surface area contributed by atoms with Gasteiger partial charge in [0.15, 0.2) is 0 Å². The molecule has 2 rings (SSSR count). The average molecular weight is 535 g/mol. The molecule has 2 aromatic rings. The van der Waals surface area contributed by atoms with E-state index in [4.69, 9.17) is 18.9 Å². The molecule has 0 radical (unpaired) electrons. The zero-order valence-corrected chi connectivity index (χ0v) is 24.1. The summed E-state index contributed by atoms with van der Waals surface area (Å²) in [6, 6.07) is 14.5. The highest BCUT2D eigenvalue weighted by Gasteiger charge is 2.03. The van der Waals surface area contributed by atoms with E-state index >= 15 is 0 Å². The number of benzene rings is 2. The van der Waals surface area contributed by atoms with E-state index in [-0.39, 0.29) is 5.97 Å². The first-order valence-corrected chi connectivity index (χ1v) is 14.1. The second-order valence-electron chi connectivity index (χ2n) is 9.92. The molecule has 212 valence electrons. The lowest BCUT2D eigenvalue weighted by atomic mass is 10.1. The number of aryl methyl sites for hydroxylation is 1. The first kappa shape index (κ1) is 31.7. The van der Waals surface area contributed by atoms with E-state index in [2.05, 4.69) is 62.6 Å². The van der Waals surface area contributed by atoms with Crippen LogP contribution in [0.5, 0.6) is 11.5 Å². The van der Waals surface area contributed by atoms with Gasteiger partial charge in [0.05, 0.1) is 32.2 Å². The van der Waals surface area contributed by atoms with Crippen molar-refractivity contribution in [1.82, 2.24) is 0 Å². The maximum Gasteiger partial charge on any atom is 0.333 e. The molecule has 0 amide bonds. The van der Waals surface area contributed by atoms with E-state index in [1.54, 1.807) is 6.92 Å². The molecule has 0 aliphatic rings. The number of allylic oxidation sites excluding steroid dienone is 1. The van der Waals surface area contributed by atoms with E-state index in [9.17, 15) is 4.79 Å². The summed E-state index contributed by atoms with van der Waals surface area (Å²) in [6.45, 7) is 15.6. The van der Waals surface area contributed by atoms with Crippen LogP contribution >= 0.6 is 0 Å². The van der Waals surface area contributed by atoms with Crippen LogP contribution in [0.15, 0.2) is 67.0 Å². The summed E-state index contributed by atoms with van der Waals surface area (Å²) in [5.74, 6) is 2.30. The Morgan fingerprint density at radius 2 is 1.23 bits per heavy atom. The minimum Gasteiger partial charge on any atom is -0.499 e. The smallest absolute Gasteiger partial charge is 0.333 e. The highest BCUT2D eigenvalue weighted by atomic mass is 16.5. The fourth-order valence-corrected chi connectivity index (χ4v) is 3.83. The maximum atomic E-state index is 11.3. The number of unbranched alkanes of at least 4 members (excludes halogenated alkanes) is 6. The number of hydrogen-bond donors (Lipinski definition) is 0. The number of carbonyl (C=O) groups is 1. The molecule has 0 aliphatic carbocycles. The van der Waals surface area contributed by atoms with Crippen molar-refractivity contribution in [1.29, 1.82) is 0 Å². The lowest BCUT2D eigenvalue weighted by Crippen LogP contribution is -2.06. The molecule has 0 saturated heterocycles. The van der Waals surface area contributed by atoms with Crippen LogP contribution in [-0.2, 0) is 14.3 Å². The Balaban J connectivity index is 1.62. The van der Waals surface area contributed by atoms with E-state index in [0.29, 0.717) is 18.8 Å². The molecule has 2 aromatic carbocycles. The third-order valence-electron chi connectivity index (χ3n) is 6.08. The van der Waals surface area contributed by atoms with Gasteiger partial charge in [0.25, 0.3) is 0 Å². The molecule has 0 aromatic heterocycles. The summed E-state index contributed by atoms with van der Waals surface area (Å²) in [4.78, 5) is 11.3. The van der Waals surface area contributed by atoms with E-state index in [0.717, 1.165) is 98.5 Å². The van der Waals surface area contributed by atoms with Gasteiger partial charge in [-0.2, -0.15) is 0 Å². The number of carbonyl (C=O) groups excluding carboxylic acids is 1. The van der Waals surface area contributed by atoms with Crippen molar-refractivity contribution in [2.45, 2.75) is 72.1 Å². The van der Waals surface area contributed by atoms with Gasteiger partial charge in [-0.25, -0.2) is 4.79 Å². The Morgan fingerprint density at radius 3 is 1.82 bits per heavy atom. The van der Waals surface area contributed by atoms with Crippen molar-refractivity contribution in [2.24, 2.45) is 0 Å². The molecule has 0 N–H and O–H groups in total. The molecule has 0 saturated carbocycles. The van der Waals surface area contributed by atoms with Crippen LogP contribution in [0.3, 0.4) is 0 Å². The first-order chi connectivity index (χ1) is 18.8. The number of hydrogen-bond acceptors (Lipinski definition) is 5. The van der Waals surface area contributed by atoms with Gasteiger partial charge in [-0.1, -0.05) is 43.5 Å². The highest BCUT2D eigenvalue weighted by molar-refractivity contribution is 5.86. The standard InChI is InChI=1S/C34H46O5/c1-27(2)34(35)39-25-13-9-7-11-23-37-32-19-16-30(17-20-32)14-15-31-18-21-33(29(5)26-31)38-24-12-8-6-10-22-36-28(3)4/h14-21,26H,1,3,6-13,22-25H2,2,4-5H3. The normalized spacial score (nSPS) is 10.8. The van der Waals surface area contributed by atoms with Gasteiger partial charge in [-0.05, 0) is 113 Å². The maximum absolute atomic E-state index is 11.3. The molecule has 39 heavy (non-hydrogen) atoms. The Hall–Kier alpha value is -3.47. The van der Waals surface area contributed by atoms with Crippen molar-refractivity contribution >= 4 is 18.1 Å². The van der Waals surface area contributed by atoms with Gasteiger partial charge in [-0.15, -0.1) is 0 Å². The monoisotopic (exact) mass is 534 g/mol. The topological polar surface area (TPSA) is 54.0 Å². The van der Waals surface area contributed by atoms with Gasteiger partial charge >= 0.3 is 5.97 Å². The second-order valence-corrected chi connectivity index (χ2v) is 9.92. The van der Waals surface area contributed by atoms with Crippen molar-refractivity contribution in [3.63, 3.8) is 0 Å². The quantitative estimate of drug-likeness (QED) is 0.0559. The fourth-order valence-electron chi connectivity index (χ4n) is 3.83. The summed E-state index contributed by atoms with van der Waals surface area (Å²) in [7, 11) is 0. The van der Waals surface area contributed by atoms with Crippen LogP contribution in [0.2, 0.25) is 0 Å².